The minimum Gasteiger partial charge on any atom is -0.398 e. The first-order valence-corrected chi connectivity index (χ1v) is 3.65. The minimum atomic E-state index is -0.627. The zero-order valence-electron chi connectivity index (χ0n) is 6.50. The van der Waals surface area contributed by atoms with E-state index in [1.807, 2.05) is 6.92 Å². The summed E-state index contributed by atoms with van der Waals surface area (Å²) in [6.07, 6.45) is 0. The summed E-state index contributed by atoms with van der Waals surface area (Å²) >= 11 is 4.91. The third-order valence-electron chi connectivity index (χ3n) is 1.50. The predicted molar refractivity (Wildman–Crippen MR) is 46.9 cm³/mol. The lowest BCUT2D eigenvalue weighted by molar-refractivity contribution is 0.0752. The molecule has 1 aromatic carbocycles. The van der Waals surface area contributed by atoms with Gasteiger partial charge in [0, 0.05) is 5.69 Å². The van der Waals surface area contributed by atoms with E-state index in [0.717, 1.165) is 5.56 Å². The topological polar surface area (TPSA) is 52.3 Å². The van der Waals surface area contributed by atoms with Gasteiger partial charge in [-0.15, -0.1) is 0 Å². The molecule has 0 bridgehead atoms. The highest BCUT2D eigenvalue weighted by molar-refractivity contribution is 6.16. The van der Waals surface area contributed by atoms with E-state index >= 15 is 0 Å². The average Bonchev–Trinajstić information content (AvgIpc) is 2.08. The van der Waals surface area contributed by atoms with Crippen LogP contribution in [0.3, 0.4) is 0 Å². The van der Waals surface area contributed by atoms with Gasteiger partial charge in [0.05, 0.1) is 5.56 Å². The highest BCUT2D eigenvalue weighted by Gasteiger charge is 2.10. The third kappa shape index (κ3) is 1.68. The highest BCUT2D eigenvalue weighted by atomic mass is 35.5. The number of rotatable bonds is 1. The van der Waals surface area contributed by atoms with Crippen LogP contribution >= 0.6 is 11.9 Å². The van der Waals surface area contributed by atoms with E-state index in [9.17, 15) is 4.79 Å². The summed E-state index contributed by atoms with van der Waals surface area (Å²) in [6, 6.07) is 5.07. The average molecular weight is 186 g/mol. The molecule has 12 heavy (non-hydrogen) atoms. The Bertz CT molecular complexity index is 312. The fourth-order valence-electron chi connectivity index (χ4n) is 0.888. The van der Waals surface area contributed by atoms with Gasteiger partial charge in [0.2, 0.25) is 0 Å². The molecule has 1 aromatic rings. The molecule has 0 spiro atoms. The van der Waals surface area contributed by atoms with Gasteiger partial charge in [-0.3, -0.25) is 0 Å². The van der Waals surface area contributed by atoms with E-state index in [1.165, 1.54) is 0 Å². The molecule has 0 saturated heterocycles. The standard InChI is InChI=1S/C8H8ClNO2/c1-5-2-3-7(10)6(4-5)8(11)12-9/h2-4H,10H2,1H3. The monoisotopic (exact) mass is 185 g/mol. The second kappa shape index (κ2) is 3.45. The van der Waals surface area contributed by atoms with Crippen LogP contribution in [0, 0.1) is 6.92 Å². The molecule has 0 radical (unpaired) electrons. The second-order valence-electron chi connectivity index (χ2n) is 2.46. The summed E-state index contributed by atoms with van der Waals surface area (Å²) in [5.74, 6) is -0.627. The van der Waals surface area contributed by atoms with Crippen LogP contribution in [0.15, 0.2) is 18.2 Å². The number of aryl methyl sites for hydroxylation is 1. The van der Waals surface area contributed by atoms with Crippen molar-refractivity contribution in [3.05, 3.63) is 29.3 Å². The summed E-state index contributed by atoms with van der Waals surface area (Å²) in [7, 11) is 0. The van der Waals surface area contributed by atoms with Gasteiger partial charge >= 0.3 is 5.97 Å². The summed E-state index contributed by atoms with van der Waals surface area (Å²) in [5.41, 5.74) is 7.10. The molecule has 0 amide bonds. The van der Waals surface area contributed by atoms with Crippen molar-refractivity contribution in [3.63, 3.8) is 0 Å². The Labute approximate surface area is 75.3 Å². The first kappa shape index (κ1) is 8.87. The summed E-state index contributed by atoms with van der Waals surface area (Å²) < 4.78 is 4.03. The fourth-order valence-corrected chi connectivity index (χ4v) is 0.972. The van der Waals surface area contributed by atoms with E-state index in [-0.39, 0.29) is 0 Å². The number of benzene rings is 1. The van der Waals surface area contributed by atoms with Crippen LogP contribution < -0.4 is 5.73 Å². The molecule has 0 saturated carbocycles. The Morgan fingerprint density at radius 3 is 2.83 bits per heavy atom. The smallest absolute Gasteiger partial charge is 0.358 e. The van der Waals surface area contributed by atoms with Crippen LogP contribution in [0.4, 0.5) is 5.69 Å². The quantitative estimate of drug-likeness (QED) is 0.680. The summed E-state index contributed by atoms with van der Waals surface area (Å²) in [5, 5.41) is 0. The molecule has 0 aliphatic heterocycles. The molecule has 0 aliphatic rings. The largest absolute Gasteiger partial charge is 0.398 e. The van der Waals surface area contributed by atoms with Crippen molar-refractivity contribution in [2.24, 2.45) is 0 Å². The maximum absolute atomic E-state index is 11.0. The molecule has 0 heterocycles. The molecule has 64 valence electrons. The minimum absolute atomic E-state index is 0.296. The lowest BCUT2D eigenvalue weighted by Gasteiger charge is -2.01. The van der Waals surface area contributed by atoms with Crippen molar-refractivity contribution in [2.45, 2.75) is 6.92 Å². The van der Waals surface area contributed by atoms with Crippen LogP contribution in [-0.2, 0) is 4.29 Å². The van der Waals surface area contributed by atoms with Crippen molar-refractivity contribution in [2.75, 3.05) is 5.73 Å². The van der Waals surface area contributed by atoms with Gasteiger partial charge in [-0.05, 0) is 19.1 Å². The molecule has 0 fully saturated rings. The highest BCUT2D eigenvalue weighted by Crippen LogP contribution is 2.15. The maximum Gasteiger partial charge on any atom is 0.358 e. The number of nitrogen functional groups attached to an aromatic ring is 1. The summed E-state index contributed by atoms with van der Waals surface area (Å²) in [6.45, 7) is 1.85. The first-order valence-electron chi connectivity index (χ1n) is 3.34. The number of hydrogen-bond acceptors (Lipinski definition) is 3. The van der Waals surface area contributed by atoms with Gasteiger partial charge < -0.3 is 10.0 Å². The number of carbonyl (C=O) groups is 1. The van der Waals surface area contributed by atoms with Gasteiger partial charge in [0.15, 0.2) is 0 Å². The van der Waals surface area contributed by atoms with Crippen molar-refractivity contribution < 1.29 is 9.08 Å². The number of halogens is 1. The predicted octanol–water partition coefficient (Wildman–Crippen LogP) is 1.89. The second-order valence-corrected chi connectivity index (χ2v) is 2.61. The lowest BCUT2D eigenvalue weighted by atomic mass is 10.1. The van der Waals surface area contributed by atoms with Crippen LogP contribution in [0.1, 0.15) is 15.9 Å². The Morgan fingerprint density at radius 1 is 1.58 bits per heavy atom. The Morgan fingerprint density at radius 2 is 2.25 bits per heavy atom. The van der Waals surface area contributed by atoms with E-state index in [4.69, 9.17) is 17.6 Å². The van der Waals surface area contributed by atoms with E-state index < -0.39 is 5.97 Å². The van der Waals surface area contributed by atoms with Crippen molar-refractivity contribution >= 4 is 23.5 Å². The van der Waals surface area contributed by atoms with Gasteiger partial charge in [0.25, 0.3) is 0 Å². The maximum atomic E-state index is 11.0. The number of anilines is 1. The number of carbonyl (C=O) groups excluding carboxylic acids is 1. The van der Waals surface area contributed by atoms with Crippen LogP contribution in [0.5, 0.6) is 0 Å². The molecule has 0 aromatic heterocycles. The van der Waals surface area contributed by atoms with Crippen molar-refractivity contribution in [3.8, 4) is 0 Å². The third-order valence-corrected chi connectivity index (χ3v) is 1.64. The molecule has 0 aliphatic carbocycles. The molecule has 2 N–H and O–H groups in total. The fraction of sp³-hybridized carbons (Fsp3) is 0.125. The number of hydrogen-bond donors (Lipinski definition) is 1. The van der Waals surface area contributed by atoms with E-state index in [1.54, 1.807) is 18.2 Å². The first-order chi connectivity index (χ1) is 5.65. The van der Waals surface area contributed by atoms with Gasteiger partial charge in [0.1, 0.15) is 11.9 Å². The summed E-state index contributed by atoms with van der Waals surface area (Å²) in [4.78, 5) is 11.0. The normalized spacial score (nSPS) is 9.50. The molecule has 3 nitrogen and oxygen atoms in total. The zero-order valence-corrected chi connectivity index (χ0v) is 7.26. The van der Waals surface area contributed by atoms with Crippen LogP contribution in [0.25, 0.3) is 0 Å². The van der Waals surface area contributed by atoms with Crippen LogP contribution in [-0.4, -0.2) is 5.97 Å². The van der Waals surface area contributed by atoms with Crippen molar-refractivity contribution in [1.82, 2.24) is 0 Å². The van der Waals surface area contributed by atoms with E-state index in [2.05, 4.69) is 4.29 Å². The SMILES string of the molecule is Cc1ccc(N)c(C(=O)OCl)c1. The van der Waals surface area contributed by atoms with E-state index in [0.29, 0.717) is 11.3 Å². The molecule has 0 unspecified atom stereocenters. The molecule has 4 heteroatoms. The Hall–Kier alpha value is -1.22. The Kier molecular flexibility index (Phi) is 2.55. The van der Waals surface area contributed by atoms with Gasteiger partial charge in [-0.25, -0.2) is 4.79 Å². The van der Waals surface area contributed by atoms with Crippen LogP contribution in [0.2, 0.25) is 0 Å². The Balaban J connectivity index is 3.13. The molecular formula is C8H8ClNO2. The van der Waals surface area contributed by atoms with Gasteiger partial charge in [-0.1, -0.05) is 11.6 Å². The molecule has 1 rings (SSSR count). The lowest BCUT2D eigenvalue weighted by Crippen LogP contribution is -2.03. The van der Waals surface area contributed by atoms with Crippen molar-refractivity contribution in [1.29, 1.82) is 0 Å². The molecule has 0 atom stereocenters. The molecular weight excluding hydrogens is 178 g/mol. The van der Waals surface area contributed by atoms with Gasteiger partial charge in [-0.2, -0.15) is 0 Å². The zero-order chi connectivity index (χ0) is 9.14. The number of nitrogens with two attached hydrogens (primary N) is 1.